The molecule has 346 valence electrons. The quantitative estimate of drug-likeness (QED) is 0.0323. The molecular formula is C53H99NO5. The summed E-state index contributed by atoms with van der Waals surface area (Å²) < 4.78 is 5.90. The third-order valence-electron chi connectivity index (χ3n) is 11.8. The summed E-state index contributed by atoms with van der Waals surface area (Å²) in [5.74, 6) is -0.491. The molecule has 1 amide bonds. The van der Waals surface area contributed by atoms with Crippen molar-refractivity contribution in [2.75, 3.05) is 6.61 Å². The lowest BCUT2D eigenvalue weighted by atomic mass is 10.0. The van der Waals surface area contributed by atoms with Crippen LogP contribution in [0.5, 0.6) is 0 Å². The Labute approximate surface area is 366 Å². The molecule has 0 aromatic heterocycles. The molecule has 0 radical (unpaired) electrons. The van der Waals surface area contributed by atoms with Gasteiger partial charge in [0.05, 0.1) is 25.2 Å². The van der Waals surface area contributed by atoms with Gasteiger partial charge in [-0.3, -0.25) is 9.59 Å². The van der Waals surface area contributed by atoms with Crippen LogP contribution in [-0.4, -0.2) is 46.9 Å². The lowest BCUT2D eigenvalue weighted by Crippen LogP contribution is -2.46. The second-order valence-electron chi connectivity index (χ2n) is 17.6. The van der Waals surface area contributed by atoms with Crippen molar-refractivity contribution >= 4 is 11.9 Å². The molecule has 0 heterocycles. The lowest BCUT2D eigenvalue weighted by molar-refractivity contribution is -0.151. The van der Waals surface area contributed by atoms with E-state index in [-0.39, 0.29) is 24.9 Å². The van der Waals surface area contributed by atoms with Gasteiger partial charge in [0, 0.05) is 6.42 Å². The van der Waals surface area contributed by atoms with Crippen molar-refractivity contribution in [1.29, 1.82) is 0 Å². The maximum atomic E-state index is 13.1. The van der Waals surface area contributed by atoms with Crippen molar-refractivity contribution in [3.05, 3.63) is 36.5 Å². The van der Waals surface area contributed by atoms with Gasteiger partial charge in [-0.05, 0) is 51.4 Å². The van der Waals surface area contributed by atoms with E-state index in [4.69, 9.17) is 4.74 Å². The Hall–Kier alpha value is -1.92. The number of amides is 1. The van der Waals surface area contributed by atoms with Gasteiger partial charge in [0.25, 0.3) is 0 Å². The summed E-state index contributed by atoms with van der Waals surface area (Å²) in [7, 11) is 0. The van der Waals surface area contributed by atoms with E-state index in [0.29, 0.717) is 19.3 Å². The second-order valence-corrected chi connectivity index (χ2v) is 17.6. The standard InChI is InChI=1S/C53H99NO5/c1-4-7-10-13-16-19-21-23-25-26-27-28-30-32-34-37-40-43-46-53(58)59-49(44-41-38-35-18-15-12-9-6-3)47-52(57)54-50(48-55)51(56)45-42-39-36-33-31-29-24-22-20-17-14-11-8-5-2/h21,23,25-28,49-51,55-56H,4-20,22,24,29-48H2,1-3H3,(H,54,57)/b23-21+,26-25+,28-27+. The van der Waals surface area contributed by atoms with Crippen LogP contribution < -0.4 is 5.32 Å². The average molecular weight is 830 g/mol. The molecule has 0 spiro atoms. The molecule has 0 aliphatic carbocycles. The van der Waals surface area contributed by atoms with Gasteiger partial charge in [-0.1, -0.05) is 237 Å². The molecule has 0 aromatic carbocycles. The predicted octanol–water partition coefficient (Wildman–Crippen LogP) is 15.3. The predicted molar refractivity (Wildman–Crippen MR) is 255 cm³/mol. The highest BCUT2D eigenvalue weighted by Gasteiger charge is 2.24. The highest BCUT2D eigenvalue weighted by Crippen LogP contribution is 2.18. The minimum absolute atomic E-state index is 0.0719. The number of carbonyl (C=O) groups is 2. The first kappa shape index (κ1) is 57.1. The molecule has 3 atom stereocenters. The molecule has 0 aliphatic rings. The zero-order valence-electron chi connectivity index (χ0n) is 39.4. The Balaban J connectivity index is 4.44. The summed E-state index contributed by atoms with van der Waals surface area (Å²) >= 11 is 0. The highest BCUT2D eigenvalue weighted by atomic mass is 16.5. The molecule has 0 fully saturated rings. The summed E-state index contributed by atoms with van der Waals surface area (Å²) in [6.45, 7) is 6.45. The number of aliphatic hydroxyl groups is 2. The zero-order valence-corrected chi connectivity index (χ0v) is 39.4. The first-order valence-electron chi connectivity index (χ1n) is 25.7. The number of hydrogen-bond acceptors (Lipinski definition) is 5. The maximum Gasteiger partial charge on any atom is 0.306 e. The van der Waals surface area contributed by atoms with Crippen molar-refractivity contribution < 1.29 is 24.5 Å². The van der Waals surface area contributed by atoms with Gasteiger partial charge in [-0.25, -0.2) is 0 Å². The van der Waals surface area contributed by atoms with Gasteiger partial charge in [-0.15, -0.1) is 0 Å². The maximum absolute atomic E-state index is 13.1. The van der Waals surface area contributed by atoms with Gasteiger partial charge in [0.15, 0.2) is 0 Å². The second kappa shape index (κ2) is 47.1. The van der Waals surface area contributed by atoms with E-state index in [1.807, 2.05) is 0 Å². The van der Waals surface area contributed by atoms with E-state index < -0.39 is 18.2 Å². The summed E-state index contributed by atoms with van der Waals surface area (Å²) in [4.78, 5) is 26.0. The summed E-state index contributed by atoms with van der Waals surface area (Å²) in [5.41, 5.74) is 0. The number of hydrogen-bond donors (Lipinski definition) is 3. The fourth-order valence-electron chi connectivity index (χ4n) is 7.84. The largest absolute Gasteiger partial charge is 0.462 e. The van der Waals surface area contributed by atoms with Crippen LogP contribution in [0.3, 0.4) is 0 Å². The van der Waals surface area contributed by atoms with Crippen LogP contribution >= 0.6 is 0 Å². The van der Waals surface area contributed by atoms with E-state index in [1.165, 1.54) is 148 Å². The van der Waals surface area contributed by atoms with Crippen LogP contribution in [0.2, 0.25) is 0 Å². The number of ether oxygens (including phenoxy) is 1. The van der Waals surface area contributed by atoms with Crippen molar-refractivity contribution in [3.63, 3.8) is 0 Å². The fourth-order valence-corrected chi connectivity index (χ4v) is 7.84. The van der Waals surface area contributed by atoms with Gasteiger partial charge in [0.2, 0.25) is 5.91 Å². The number of nitrogens with one attached hydrogen (secondary N) is 1. The SMILES string of the molecule is CCCCCCC/C=C/C=C/C=C/CCCCCCCC(=O)OC(CCCCCCCCCC)CC(=O)NC(CO)C(O)CCCCCCCCCCCCCCCC. The van der Waals surface area contributed by atoms with Gasteiger partial charge in [0.1, 0.15) is 6.10 Å². The third-order valence-corrected chi connectivity index (χ3v) is 11.8. The molecule has 0 aliphatic heterocycles. The van der Waals surface area contributed by atoms with E-state index in [1.54, 1.807) is 0 Å². The van der Waals surface area contributed by atoms with Crippen LogP contribution in [0.15, 0.2) is 36.5 Å². The minimum Gasteiger partial charge on any atom is -0.462 e. The van der Waals surface area contributed by atoms with Crippen molar-refractivity contribution in [3.8, 4) is 0 Å². The molecule has 0 aromatic rings. The molecule has 0 rings (SSSR count). The monoisotopic (exact) mass is 830 g/mol. The molecule has 59 heavy (non-hydrogen) atoms. The lowest BCUT2D eigenvalue weighted by Gasteiger charge is -2.24. The number of carbonyl (C=O) groups excluding carboxylic acids is 2. The normalized spacial score (nSPS) is 13.5. The summed E-state index contributed by atoms with van der Waals surface area (Å²) in [6, 6.07) is -0.701. The Morgan fingerprint density at radius 3 is 1.29 bits per heavy atom. The molecule has 3 N–H and O–H groups in total. The van der Waals surface area contributed by atoms with E-state index in [9.17, 15) is 19.8 Å². The van der Waals surface area contributed by atoms with E-state index >= 15 is 0 Å². The first-order valence-corrected chi connectivity index (χ1v) is 25.7. The van der Waals surface area contributed by atoms with E-state index in [2.05, 4.69) is 62.5 Å². The number of esters is 1. The van der Waals surface area contributed by atoms with Crippen molar-refractivity contribution in [1.82, 2.24) is 5.32 Å². The topological polar surface area (TPSA) is 95.9 Å². The molecular weight excluding hydrogens is 731 g/mol. The van der Waals surface area contributed by atoms with Gasteiger partial charge >= 0.3 is 5.97 Å². The van der Waals surface area contributed by atoms with Crippen LogP contribution in [0.4, 0.5) is 0 Å². The van der Waals surface area contributed by atoms with Crippen LogP contribution in [0.25, 0.3) is 0 Å². The molecule has 0 saturated heterocycles. The molecule has 6 heteroatoms. The number of aliphatic hydroxyl groups excluding tert-OH is 2. The molecule has 0 bridgehead atoms. The minimum atomic E-state index is -0.787. The Morgan fingerprint density at radius 2 is 0.864 bits per heavy atom. The highest BCUT2D eigenvalue weighted by molar-refractivity contribution is 5.77. The number of unbranched alkanes of at least 4 members (excludes halogenated alkanes) is 30. The Morgan fingerprint density at radius 1 is 0.492 bits per heavy atom. The van der Waals surface area contributed by atoms with E-state index in [0.717, 1.165) is 70.6 Å². The third kappa shape index (κ3) is 42.6. The number of allylic oxidation sites excluding steroid dienone is 6. The summed E-state index contributed by atoms with van der Waals surface area (Å²) in [6.07, 6.45) is 54.9. The molecule has 0 saturated carbocycles. The Kier molecular flexibility index (Phi) is 45.6. The fraction of sp³-hybridized carbons (Fsp3) is 0.849. The molecule has 3 unspecified atom stereocenters. The van der Waals surface area contributed by atoms with Crippen LogP contribution in [-0.2, 0) is 14.3 Å². The van der Waals surface area contributed by atoms with Gasteiger partial charge in [-0.2, -0.15) is 0 Å². The first-order chi connectivity index (χ1) is 29.0. The van der Waals surface area contributed by atoms with Crippen molar-refractivity contribution in [2.45, 2.75) is 283 Å². The number of rotatable bonds is 46. The van der Waals surface area contributed by atoms with Crippen LogP contribution in [0, 0.1) is 0 Å². The smallest absolute Gasteiger partial charge is 0.306 e. The summed E-state index contributed by atoms with van der Waals surface area (Å²) in [5, 5.41) is 23.7. The zero-order chi connectivity index (χ0) is 43.1. The Bertz CT molecular complexity index is 977. The van der Waals surface area contributed by atoms with Crippen molar-refractivity contribution in [2.24, 2.45) is 0 Å². The van der Waals surface area contributed by atoms with Crippen LogP contribution in [0.1, 0.15) is 265 Å². The molecule has 6 nitrogen and oxygen atoms in total. The van der Waals surface area contributed by atoms with Gasteiger partial charge < -0.3 is 20.3 Å². The average Bonchev–Trinajstić information content (AvgIpc) is 3.23.